The van der Waals surface area contributed by atoms with Crippen LogP contribution in [0.1, 0.15) is 49.8 Å². The van der Waals surface area contributed by atoms with Crippen molar-refractivity contribution in [1.29, 1.82) is 0 Å². The van der Waals surface area contributed by atoms with E-state index in [9.17, 15) is 22.4 Å². The fourth-order valence-electron chi connectivity index (χ4n) is 4.29. The van der Waals surface area contributed by atoms with Gasteiger partial charge in [-0.05, 0) is 68.7 Å². The largest absolute Gasteiger partial charge is 0.354 e. The Morgan fingerprint density at radius 3 is 2.00 bits per heavy atom. The lowest BCUT2D eigenvalue weighted by Crippen LogP contribution is -2.52. The van der Waals surface area contributed by atoms with Crippen LogP contribution in [0, 0.1) is 19.7 Å². The van der Waals surface area contributed by atoms with Crippen LogP contribution in [0.4, 0.5) is 10.1 Å². The molecule has 1 N–H and O–H groups in total. The third-order valence-corrected chi connectivity index (χ3v) is 8.48. The first-order valence-electron chi connectivity index (χ1n) is 13.5. The minimum Gasteiger partial charge on any atom is -0.354 e. The Morgan fingerprint density at radius 2 is 1.45 bits per heavy atom. The van der Waals surface area contributed by atoms with E-state index >= 15 is 0 Å². The number of halogens is 1. The number of carbonyl (C=O) groups is 2. The van der Waals surface area contributed by atoms with Gasteiger partial charge in [0.05, 0.1) is 10.6 Å². The summed E-state index contributed by atoms with van der Waals surface area (Å²) in [4.78, 5) is 28.6. The van der Waals surface area contributed by atoms with Crippen LogP contribution in [-0.2, 0) is 26.2 Å². The summed E-state index contributed by atoms with van der Waals surface area (Å²) in [5, 5.41) is 2.91. The molecule has 40 heavy (non-hydrogen) atoms. The monoisotopic (exact) mass is 567 g/mol. The van der Waals surface area contributed by atoms with Gasteiger partial charge in [-0.3, -0.25) is 13.9 Å². The van der Waals surface area contributed by atoms with Gasteiger partial charge in [-0.2, -0.15) is 0 Å². The van der Waals surface area contributed by atoms with Gasteiger partial charge in [0, 0.05) is 13.1 Å². The molecule has 0 saturated heterocycles. The van der Waals surface area contributed by atoms with Gasteiger partial charge >= 0.3 is 0 Å². The highest BCUT2D eigenvalue weighted by molar-refractivity contribution is 7.92. The molecule has 0 saturated carbocycles. The van der Waals surface area contributed by atoms with Gasteiger partial charge in [-0.25, -0.2) is 12.8 Å². The molecule has 0 bridgehead atoms. The smallest absolute Gasteiger partial charge is 0.264 e. The summed E-state index contributed by atoms with van der Waals surface area (Å²) >= 11 is 0. The summed E-state index contributed by atoms with van der Waals surface area (Å²) in [5.41, 5.74) is 2.89. The number of nitrogens with zero attached hydrogens (tertiary/aromatic N) is 2. The summed E-state index contributed by atoms with van der Waals surface area (Å²) in [7, 11) is -4.20. The summed E-state index contributed by atoms with van der Waals surface area (Å²) in [6.07, 6.45) is 2.06. The lowest BCUT2D eigenvalue weighted by Gasteiger charge is -2.33. The highest BCUT2D eigenvalue weighted by Crippen LogP contribution is 2.25. The molecule has 0 spiro atoms. The highest BCUT2D eigenvalue weighted by Gasteiger charge is 2.33. The van der Waals surface area contributed by atoms with Crippen LogP contribution in [0.2, 0.25) is 0 Å². The van der Waals surface area contributed by atoms with E-state index in [0.717, 1.165) is 46.0 Å². The van der Waals surface area contributed by atoms with E-state index in [1.165, 1.54) is 29.2 Å². The van der Waals surface area contributed by atoms with E-state index in [1.54, 1.807) is 12.1 Å². The normalized spacial score (nSPS) is 12.0. The Hall–Kier alpha value is -3.72. The zero-order valence-corrected chi connectivity index (χ0v) is 24.4. The Bertz CT molecular complexity index is 1380. The number of hydrogen-bond donors (Lipinski definition) is 1. The molecule has 3 aromatic carbocycles. The van der Waals surface area contributed by atoms with E-state index in [4.69, 9.17) is 0 Å². The second-order valence-corrected chi connectivity index (χ2v) is 11.7. The Balaban J connectivity index is 2.02. The van der Waals surface area contributed by atoms with Crippen molar-refractivity contribution in [1.82, 2.24) is 10.2 Å². The number of benzene rings is 3. The van der Waals surface area contributed by atoms with Crippen molar-refractivity contribution >= 4 is 27.5 Å². The zero-order valence-electron chi connectivity index (χ0n) is 23.6. The van der Waals surface area contributed by atoms with Gasteiger partial charge in [0.25, 0.3) is 10.0 Å². The molecule has 0 radical (unpaired) electrons. The number of carbonyl (C=O) groups excluding carboxylic acids is 2. The first-order chi connectivity index (χ1) is 19.1. The van der Waals surface area contributed by atoms with Gasteiger partial charge < -0.3 is 10.2 Å². The maximum Gasteiger partial charge on any atom is 0.264 e. The van der Waals surface area contributed by atoms with Gasteiger partial charge in [0.1, 0.15) is 18.4 Å². The Morgan fingerprint density at radius 1 is 0.875 bits per heavy atom. The van der Waals surface area contributed by atoms with Crippen molar-refractivity contribution in [2.24, 2.45) is 0 Å². The number of rotatable bonds is 13. The molecular weight excluding hydrogens is 529 g/mol. The summed E-state index contributed by atoms with van der Waals surface area (Å²) in [5.74, 6) is -1.36. The third-order valence-electron chi connectivity index (χ3n) is 6.69. The lowest BCUT2D eigenvalue weighted by molar-refractivity contribution is -0.140. The van der Waals surface area contributed by atoms with E-state index in [-0.39, 0.29) is 23.0 Å². The van der Waals surface area contributed by atoms with Crippen molar-refractivity contribution in [2.45, 2.75) is 64.4 Å². The van der Waals surface area contributed by atoms with Crippen molar-refractivity contribution in [3.63, 3.8) is 0 Å². The van der Waals surface area contributed by atoms with Crippen LogP contribution < -0.4 is 9.62 Å². The molecule has 3 rings (SSSR count). The molecule has 0 fully saturated rings. The van der Waals surface area contributed by atoms with Crippen LogP contribution in [0.5, 0.6) is 0 Å². The molecule has 7 nitrogen and oxygen atoms in total. The van der Waals surface area contributed by atoms with Gasteiger partial charge in [0.2, 0.25) is 11.8 Å². The van der Waals surface area contributed by atoms with Crippen molar-refractivity contribution in [3.8, 4) is 0 Å². The summed E-state index contributed by atoms with van der Waals surface area (Å²) in [6.45, 7) is 7.70. The maximum atomic E-state index is 14.0. The van der Waals surface area contributed by atoms with E-state index in [0.29, 0.717) is 13.0 Å². The summed E-state index contributed by atoms with van der Waals surface area (Å²) in [6, 6.07) is 18.1. The number of sulfonamides is 1. The molecule has 0 aliphatic rings. The number of nitrogens with one attached hydrogen (secondary N) is 1. The van der Waals surface area contributed by atoms with Crippen molar-refractivity contribution in [2.75, 3.05) is 17.4 Å². The standard InChI is InChI=1S/C31H38FN3O4S/c1-5-7-20-33-31(37)29(6-2)34(21-25-12-8-23(3)9-13-25)30(36)22-35(27-16-14-26(32)15-17-27)40(38,39)28-18-10-24(4)11-19-28/h8-19,29H,5-7,20-22H2,1-4H3,(H,33,37)/t29-/m0/s1. The first-order valence-corrected chi connectivity index (χ1v) is 15.0. The molecule has 0 aromatic heterocycles. The number of hydrogen-bond acceptors (Lipinski definition) is 4. The molecule has 3 aromatic rings. The predicted molar refractivity (Wildman–Crippen MR) is 156 cm³/mol. The van der Waals surface area contributed by atoms with E-state index in [1.807, 2.05) is 52.0 Å². The molecule has 9 heteroatoms. The fraction of sp³-hybridized carbons (Fsp3) is 0.355. The van der Waals surface area contributed by atoms with Crippen LogP contribution in [0.25, 0.3) is 0 Å². The molecule has 214 valence electrons. The lowest BCUT2D eigenvalue weighted by atomic mass is 10.1. The molecular formula is C31H38FN3O4S. The minimum atomic E-state index is -4.20. The van der Waals surface area contributed by atoms with Crippen LogP contribution in [0.3, 0.4) is 0 Å². The van der Waals surface area contributed by atoms with Crippen LogP contribution in [0.15, 0.2) is 77.7 Å². The second-order valence-electron chi connectivity index (χ2n) is 9.88. The zero-order chi connectivity index (χ0) is 29.3. The fourth-order valence-corrected chi connectivity index (χ4v) is 5.70. The third kappa shape index (κ3) is 7.91. The van der Waals surface area contributed by atoms with E-state index < -0.39 is 34.3 Å². The quantitative estimate of drug-likeness (QED) is 0.282. The van der Waals surface area contributed by atoms with E-state index in [2.05, 4.69) is 5.32 Å². The van der Waals surface area contributed by atoms with Crippen LogP contribution >= 0.6 is 0 Å². The highest BCUT2D eigenvalue weighted by atomic mass is 32.2. The number of anilines is 1. The number of amides is 2. The SMILES string of the molecule is CCCCNC(=O)[C@H](CC)N(Cc1ccc(C)cc1)C(=O)CN(c1ccc(F)cc1)S(=O)(=O)c1ccc(C)cc1. The van der Waals surface area contributed by atoms with Crippen molar-refractivity contribution in [3.05, 3.63) is 95.3 Å². The number of aryl methyl sites for hydroxylation is 2. The Labute approximate surface area is 237 Å². The van der Waals surface area contributed by atoms with Gasteiger partial charge in [-0.1, -0.05) is 67.8 Å². The first kappa shape index (κ1) is 30.8. The summed E-state index contributed by atoms with van der Waals surface area (Å²) < 4.78 is 42.4. The van der Waals surface area contributed by atoms with Gasteiger partial charge in [0.15, 0.2) is 0 Å². The second kappa shape index (κ2) is 14.1. The molecule has 1 atom stereocenters. The average Bonchev–Trinajstić information content (AvgIpc) is 2.93. The Kier molecular flexibility index (Phi) is 10.8. The molecule has 0 unspecified atom stereocenters. The van der Waals surface area contributed by atoms with Gasteiger partial charge in [-0.15, -0.1) is 0 Å². The topological polar surface area (TPSA) is 86.8 Å². The average molecular weight is 568 g/mol. The molecule has 0 aliphatic heterocycles. The number of unbranched alkanes of at least 4 members (excludes halogenated alkanes) is 1. The molecule has 0 aliphatic carbocycles. The minimum absolute atomic E-state index is 0.00431. The molecule has 0 heterocycles. The van der Waals surface area contributed by atoms with Crippen LogP contribution in [-0.4, -0.2) is 44.3 Å². The predicted octanol–water partition coefficient (Wildman–Crippen LogP) is 5.36. The maximum absolute atomic E-state index is 14.0. The molecule has 2 amide bonds. The van der Waals surface area contributed by atoms with Crippen molar-refractivity contribution < 1.29 is 22.4 Å².